The topological polar surface area (TPSA) is 72.9 Å². The first-order valence-corrected chi connectivity index (χ1v) is 8.67. The minimum Gasteiger partial charge on any atom is -0.328 e. The number of anilines is 1. The molecule has 1 amide bonds. The Balaban J connectivity index is 0.00000208. The highest BCUT2D eigenvalue weighted by Gasteiger charge is 2.22. The molecule has 1 aliphatic carbocycles. The van der Waals surface area contributed by atoms with Crippen LogP contribution >= 0.6 is 12.4 Å². The summed E-state index contributed by atoms with van der Waals surface area (Å²) in [6.45, 7) is 1.92. The number of fused-ring (bicyclic) bond motifs is 1. The highest BCUT2D eigenvalue weighted by Crippen LogP contribution is 2.34. The summed E-state index contributed by atoms with van der Waals surface area (Å²) in [6, 6.07) is 8.59. The third kappa shape index (κ3) is 4.28. The minimum atomic E-state index is -0.00494. The van der Waals surface area contributed by atoms with Crippen LogP contribution in [0.5, 0.6) is 0 Å². The van der Waals surface area contributed by atoms with Crippen LogP contribution in [0.3, 0.4) is 0 Å². The Kier molecular flexibility index (Phi) is 6.63. The van der Waals surface area contributed by atoms with Gasteiger partial charge in [-0.3, -0.25) is 10.1 Å². The molecule has 2 aromatic rings. The van der Waals surface area contributed by atoms with Gasteiger partial charge in [0, 0.05) is 18.5 Å². The minimum absolute atomic E-state index is 0. The smallest absolute Gasteiger partial charge is 0.226 e. The Bertz CT molecular complexity index is 677. The SMILES string of the molecule is CC(N)CCC(=O)Nc1nc2ccccc2n1C1CCCCC1.Cl. The van der Waals surface area contributed by atoms with Crippen LogP contribution in [-0.2, 0) is 4.79 Å². The van der Waals surface area contributed by atoms with Gasteiger partial charge in [0.25, 0.3) is 0 Å². The van der Waals surface area contributed by atoms with Gasteiger partial charge >= 0.3 is 0 Å². The Morgan fingerprint density at radius 3 is 2.75 bits per heavy atom. The van der Waals surface area contributed by atoms with Gasteiger partial charge in [-0.2, -0.15) is 0 Å². The van der Waals surface area contributed by atoms with E-state index in [1.54, 1.807) is 0 Å². The normalized spacial score (nSPS) is 16.6. The monoisotopic (exact) mass is 350 g/mol. The summed E-state index contributed by atoms with van der Waals surface area (Å²) in [5.74, 6) is 0.683. The van der Waals surface area contributed by atoms with Crippen molar-refractivity contribution in [1.29, 1.82) is 0 Å². The molecule has 5 nitrogen and oxygen atoms in total. The number of aromatic nitrogens is 2. The van der Waals surface area contributed by atoms with E-state index in [0.29, 0.717) is 24.8 Å². The van der Waals surface area contributed by atoms with E-state index in [0.717, 1.165) is 23.9 Å². The van der Waals surface area contributed by atoms with Gasteiger partial charge in [0.2, 0.25) is 11.9 Å². The molecule has 0 saturated heterocycles. The van der Waals surface area contributed by atoms with Crippen LogP contribution in [0.25, 0.3) is 11.0 Å². The third-order valence-corrected chi connectivity index (χ3v) is 4.61. The van der Waals surface area contributed by atoms with E-state index in [9.17, 15) is 4.79 Å². The quantitative estimate of drug-likeness (QED) is 0.855. The Labute approximate surface area is 149 Å². The summed E-state index contributed by atoms with van der Waals surface area (Å²) in [5, 5.41) is 3.01. The molecule has 0 spiro atoms. The molecule has 0 aliphatic heterocycles. The molecule has 0 bridgehead atoms. The molecular formula is C18H27ClN4O. The molecule has 1 aliphatic rings. The fourth-order valence-corrected chi connectivity index (χ4v) is 3.39. The number of nitrogens with zero attached hydrogens (tertiary/aromatic N) is 2. The lowest BCUT2D eigenvalue weighted by molar-refractivity contribution is -0.116. The van der Waals surface area contributed by atoms with Crippen molar-refractivity contribution in [1.82, 2.24) is 9.55 Å². The molecule has 1 fully saturated rings. The van der Waals surface area contributed by atoms with E-state index in [1.165, 1.54) is 19.3 Å². The molecule has 1 heterocycles. The lowest BCUT2D eigenvalue weighted by atomic mass is 9.95. The largest absolute Gasteiger partial charge is 0.328 e. The Morgan fingerprint density at radius 2 is 2.04 bits per heavy atom. The molecule has 1 aromatic carbocycles. The average molecular weight is 351 g/mol. The molecule has 1 aromatic heterocycles. The summed E-state index contributed by atoms with van der Waals surface area (Å²) >= 11 is 0. The number of amides is 1. The molecular weight excluding hydrogens is 324 g/mol. The molecule has 6 heteroatoms. The highest BCUT2D eigenvalue weighted by atomic mass is 35.5. The second-order valence-electron chi connectivity index (χ2n) is 6.65. The van der Waals surface area contributed by atoms with Crippen molar-refractivity contribution in [3.63, 3.8) is 0 Å². The standard InChI is InChI=1S/C18H26N4O.ClH/c1-13(19)11-12-17(23)21-18-20-15-9-5-6-10-16(15)22(18)14-7-3-2-4-8-14;/h5-6,9-10,13-14H,2-4,7-8,11-12,19H2,1H3,(H,20,21,23);1H. The zero-order valence-electron chi connectivity index (χ0n) is 14.2. The van der Waals surface area contributed by atoms with Crippen LogP contribution in [0.2, 0.25) is 0 Å². The lowest BCUT2D eigenvalue weighted by Gasteiger charge is -2.25. The van der Waals surface area contributed by atoms with Gasteiger partial charge < -0.3 is 10.3 Å². The fourth-order valence-electron chi connectivity index (χ4n) is 3.39. The lowest BCUT2D eigenvalue weighted by Crippen LogP contribution is -2.22. The van der Waals surface area contributed by atoms with E-state index >= 15 is 0 Å². The van der Waals surface area contributed by atoms with Crippen LogP contribution in [0.4, 0.5) is 5.95 Å². The molecule has 0 radical (unpaired) electrons. The van der Waals surface area contributed by atoms with E-state index in [2.05, 4.69) is 20.9 Å². The van der Waals surface area contributed by atoms with E-state index < -0.39 is 0 Å². The number of hydrogen-bond donors (Lipinski definition) is 2. The van der Waals surface area contributed by atoms with Gasteiger partial charge in [-0.15, -0.1) is 12.4 Å². The molecule has 1 saturated carbocycles. The van der Waals surface area contributed by atoms with Gasteiger partial charge in [-0.05, 0) is 38.3 Å². The zero-order chi connectivity index (χ0) is 16.2. The molecule has 1 unspecified atom stereocenters. The molecule has 132 valence electrons. The van der Waals surface area contributed by atoms with Crippen molar-refractivity contribution in [2.45, 2.75) is 64.0 Å². The van der Waals surface area contributed by atoms with Gasteiger partial charge in [-0.1, -0.05) is 31.4 Å². The van der Waals surface area contributed by atoms with Gasteiger partial charge in [0.15, 0.2) is 0 Å². The van der Waals surface area contributed by atoms with Crippen molar-refractivity contribution in [3.8, 4) is 0 Å². The van der Waals surface area contributed by atoms with Crippen molar-refractivity contribution in [2.75, 3.05) is 5.32 Å². The summed E-state index contributed by atoms with van der Waals surface area (Å²) in [7, 11) is 0. The number of imidazole rings is 1. The fraction of sp³-hybridized carbons (Fsp3) is 0.556. The van der Waals surface area contributed by atoms with Crippen molar-refractivity contribution >= 4 is 35.3 Å². The molecule has 24 heavy (non-hydrogen) atoms. The second-order valence-corrected chi connectivity index (χ2v) is 6.65. The first kappa shape index (κ1) is 18.7. The van der Waals surface area contributed by atoms with Crippen LogP contribution in [0, 0.1) is 0 Å². The number of rotatable bonds is 5. The number of carbonyl (C=O) groups excluding carboxylic acids is 1. The molecule has 3 N–H and O–H groups in total. The van der Waals surface area contributed by atoms with E-state index in [-0.39, 0.29) is 24.4 Å². The van der Waals surface area contributed by atoms with Crippen LogP contribution in [-0.4, -0.2) is 21.5 Å². The Morgan fingerprint density at radius 1 is 1.33 bits per heavy atom. The predicted molar refractivity (Wildman–Crippen MR) is 101 cm³/mol. The summed E-state index contributed by atoms with van der Waals surface area (Å²) in [5.41, 5.74) is 7.80. The number of para-hydroxylation sites is 2. The highest BCUT2D eigenvalue weighted by molar-refractivity contribution is 5.91. The zero-order valence-corrected chi connectivity index (χ0v) is 15.0. The van der Waals surface area contributed by atoms with Crippen molar-refractivity contribution in [3.05, 3.63) is 24.3 Å². The number of hydrogen-bond acceptors (Lipinski definition) is 3. The summed E-state index contributed by atoms with van der Waals surface area (Å²) < 4.78 is 2.23. The maximum atomic E-state index is 12.2. The molecule has 3 rings (SSSR count). The predicted octanol–water partition coefficient (Wildman–Crippen LogP) is 4.03. The van der Waals surface area contributed by atoms with Gasteiger partial charge in [-0.25, -0.2) is 4.98 Å². The van der Waals surface area contributed by atoms with E-state index in [1.807, 2.05) is 25.1 Å². The number of nitrogens with two attached hydrogens (primary N) is 1. The maximum Gasteiger partial charge on any atom is 0.226 e. The summed E-state index contributed by atoms with van der Waals surface area (Å²) in [6.07, 6.45) is 7.23. The van der Waals surface area contributed by atoms with Crippen LogP contribution in [0.1, 0.15) is 57.9 Å². The number of benzene rings is 1. The molecule has 1 atom stereocenters. The Hall–Kier alpha value is -1.59. The van der Waals surface area contributed by atoms with Crippen molar-refractivity contribution < 1.29 is 4.79 Å². The van der Waals surface area contributed by atoms with E-state index in [4.69, 9.17) is 5.73 Å². The number of carbonyl (C=O) groups is 1. The summed E-state index contributed by atoms with van der Waals surface area (Å²) in [4.78, 5) is 16.9. The third-order valence-electron chi connectivity index (χ3n) is 4.61. The van der Waals surface area contributed by atoms with Crippen molar-refractivity contribution in [2.24, 2.45) is 5.73 Å². The second kappa shape index (κ2) is 8.49. The maximum absolute atomic E-state index is 12.2. The average Bonchev–Trinajstić information content (AvgIpc) is 2.91. The van der Waals surface area contributed by atoms with Gasteiger partial charge in [0.1, 0.15) is 0 Å². The number of nitrogens with one attached hydrogen (secondary N) is 1. The van der Waals surface area contributed by atoms with Gasteiger partial charge in [0.05, 0.1) is 11.0 Å². The first-order valence-electron chi connectivity index (χ1n) is 8.67. The van der Waals surface area contributed by atoms with Crippen LogP contribution < -0.4 is 11.1 Å². The first-order chi connectivity index (χ1) is 11.1. The number of halogens is 1. The van der Waals surface area contributed by atoms with Crippen LogP contribution in [0.15, 0.2) is 24.3 Å².